The Morgan fingerprint density at radius 2 is 1.97 bits per heavy atom. The van der Waals surface area contributed by atoms with Crippen LogP contribution in [-0.2, 0) is 0 Å². The summed E-state index contributed by atoms with van der Waals surface area (Å²) in [5.74, 6) is -3.24. The number of allylic oxidation sites excluding steroid dienone is 3. The van der Waals surface area contributed by atoms with Gasteiger partial charge in [-0.2, -0.15) is 0 Å². The first-order chi connectivity index (χ1) is 17.8. The standard InChI is InChI=1S/C29H28F3N3O2/c1-4-6-7-15-33-23(5-2)35-17(3)24(21-13-14-22(31)26(32)25(21)29(35)37)28(36)34-27(18-11-12-18)19-9-8-10-20(30)16-19/h5-10,13-16,18,27H,4,11-12H2,1-3H3,(H,34,36)/b7-6+,23-5+,33-15-/t27-/m0/s1. The normalized spacial score (nSPS) is 15.1. The van der Waals surface area contributed by atoms with Gasteiger partial charge in [0.25, 0.3) is 11.5 Å². The van der Waals surface area contributed by atoms with E-state index in [4.69, 9.17) is 0 Å². The number of aliphatic imine (C=N–C) groups is 1. The SMILES string of the molecule is C\C=C(/N=C\C=C\CC)n1c(C)c(C(=O)N[C@H](c2cccc(F)c2)C2CC2)c2ccc(F)c(F)c2c1=O. The van der Waals surface area contributed by atoms with Crippen molar-refractivity contribution in [1.82, 2.24) is 9.88 Å². The fourth-order valence-electron chi connectivity index (χ4n) is 4.50. The molecule has 0 saturated heterocycles. The van der Waals surface area contributed by atoms with Crippen LogP contribution in [0.5, 0.6) is 0 Å². The Kier molecular flexibility index (Phi) is 7.76. The molecule has 192 valence electrons. The van der Waals surface area contributed by atoms with Crippen LogP contribution in [0.3, 0.4) is 0 Å². The lowest BCUT2D eigenvalue weighted by Crippen LogP contribution is -2.33. The van der Waals surface area contributed by atoms with Gasteiger partial charge in [0.05, 0.1) is 17.0 Å². The van der Waals surface area contributed by atoms with Crippen LogP contribution in [0.1, 0.15) is 60.8 Å². The molecule has 0 bridgehead atoms. The number of pyridine rings is 1. The second kappa shape index (κ2) is 11.0. The first kappa shape index (κ1) is 26.1. The van der Waals surface area contributed by atoms with E-state index in [2.05, 4.69) is 10.3 Å². The number of amides is 1. The molecule has 0 unspecified atom stereocenters. The van der Waals surface area contributed by atoms with Crippen molar-refractivity contribution in [2.75, 3.05) is 0 Å². The lowest BCUT2D eigenvalue weighted by Gasteiger charge is -2.22. The van der Waals surface area contributed by atoms with E-state index < -0.39 is 40.3 Å². The van der Waals surface area contributed by atoms with Crippen molar-refractivity contribution < 1.29 is 18.0 Å². The minimum absolute atomic E-state index is 0.00532. The molecule has 1 aliphatic rings. The topological polar surface area (TPSA) is 63.5 Å². The molecule has 2 aromatic carbocycles. The van der Waals surface area contributed by atoms with Crippen LogP contribution >= 0.6 is 0 Å². The summed E-state index contributed by atoms with van der Waals surface area (Å²) in [4.78, 5) is 31.5. The summed E-state index contributed by atoms with van der Waals surface area (Å²) < 4.78 is 44.3. The number of nitrogens with one attached hydrogen (secondary N) is 1. The van der Waals surface area contributed by atoms with Crippen LogP contribution in [0.2, 0.25) is 0 Å². The second-order valence-electron chi connectivity index (χ2n) is 8.99. The Hall–Kier alpha value is -3.94. The number of carbonyl (C=O) groups is 1. The highest BCUT2D eigenvalue weighted by Gasteiger charge is 2.35. The van der Waals surface area contributed by atoms with Gasteiger partial charge < -0.3 is 5.32 Å². The summed E-state index contributed by atoms with van der Waals surface area (Å²) in [5, 5.41) is 2.42. The molecule has 3 aromatic rings. The van der Waals surface area contributed by atoms with E-state index in [1.54, 1.807) is 38.1 Å². The van der Waals surface area contributed by atoms with Crippen LogP contribution < -0.4 is 10.9 Å². The maximum Gasteiger partial charge on any atom is 0.267 e. The van der Waals surface area contributed by atoms with E-state index in [-0.39, 0.29) is 28.4 Å². The average Bonchev–Trinajstić information content (AvgIpc) is 3.71. The molecule has 0 aliphatic heterocycles. The number of halogens is 3. The predicted octanol–water partition coefficient (Wildman–Crippen LogP) is 6.46. The maximum absolute atomic E-state index is 15.0. The molecule has 37 heavy (non-hydrogen) atoms. The Balaban J connectivity index is 1.89. The van der Waals surface area contributed by atoms with Gasteiger partial charge in [0.2, 0.25) is 0 Å². The number of carbonyl (C=O) groups excluding carboxylic acids is 1. The van der Waals surface area contributed by atoms with Crippen molar-refractivity contribution in [3.8, 4) is 0 Å². The van der Waals surface area contributed by atoms with Crippen molar-refractivity contribution in [1.29, 1.82) is 0 Å². The summed E-state index contributed by atoms with van der Waals surface area (Å²) in [6.45, 7) is 5.17. The van der Waals surface area contributed by atoms with E-state index in [9.17, 15) is 18.4 Å². The summed E-state index contributed by atoms with van der Waals surface area (Å²) in [7, 11) is 0. The lowest BCUT2D eigenvalue weighted by atomic mass is 9.99. The fourth-order valence-corrected chi connectivity index (χ4v) is 4.50. The summed E-state index contributed by atoms with van der Waals surface area (Å²) in [6, 6.07) is 7.68. The molecule has 1 heterocycles. The molecule has 5 nitrogen and oxygen atoms in total. The number of rotatable bonds is 8. The third-order valence-electron chi connectivity index (χ3n) is 6.45. The van der Waals surface area contributed by atoms with Gasteiger partial charge in [0.15, 0.2) is 11.6 Å². The number of benzene rings is 2. The van der Waals surface area contributed by atoms with Crippen LogP contribution in [0.4, 0.5) is 13.2 Å². The smallest absolute Gasteiger partial charge is 0.267 e. The fraction of sp³-hybridized carbons (Fsp3) is 0.276. The Morgan fingerprint density at radius 3 is 2.62 bits per heavy atom. The van der Waals surface area contributed by atoms with Crippen LogP contribution in [0, 0.1) is 30.3 Å². The monoisotopic (exact) mass is 507 g/mol. The quantitative estimate of drug-likeness (QED) is 0.356. The van der Waals surface area contributed by atoms with Gasteiger partial charge >= 0.3 is 0 Å². The Morgan fingerprint density at radius 1 is 1.22 bits per heavy atom. The highest BCUT2D eigenvalue weighted by atomic mass is 19.2. The van der Waals surface area contributed by atoms with Gasteiger partial charge in [-0.05, 0) is 74.9 Å². The van der Waals surface area contributed by atoms with Crippen molar-refractivity contribution in [3.05, 3.63) is 99.3 Å². The van der Waals surface area contributed by atoms with E-state index >= 15 is 4.39 Å². The van der Waals surface area contributed by atoms with Crippen LogP contribution in [-0.4, -0.2) is 16.7 Å². The molecule has 1 saturated carbocycles. The van der Waals surface area contributed by atoms with E-state index in [0.29, 0.717) is 5.56 Å². The summed E-state index contributed by atoms with van der Waals surface area (Å²) in [6.07, 6.45) is 9.13. The largest absolute Gasteiger partial charge is 0.345 e. The molecule has 1 fully saturated rings. The Bertz CT molecular complexity index is 1500. The van der Waals surface area contributed by atoms with Gasteiger partial charge in [-0.3, -0.25) is 14.2 Å². The Labute approximate surface area is 213 Å². The molecule has 8 heteroatoms. The minimum atomic E-state index is -1.33. The lowest BCUT2D eigenvalue weighted by molar-refractivity contribution is 0.0932. The van der Waals surface area contributed by atoms with Crippen LogP contribution in [0.15, 0.2) is 64.4 Å². The van der Waals surface area contributed by atoms with E-state index in [0.717, 1.165) is 29.9 Å². The van der Waals surface area contributed by atoms with Crippen molar-refractivity contribution in [2.45, 2.75) is 46.1 Å². The molecular weight excluding hydrogens is 479 g/mol. The molecule has 1 N–H and O–H groups in total. The average molecular weight is 508 g/mol. The number of aromatic nitrogens is 1. The third kappa shape index (κ3) is 5.28. The molecule has 1 amide bonds. The molecule has 1 aliphatic carbocycles. The van der Waals surface area contributed by atoms with Gasteiger partial charge in [-0.25, -0.2) is 18.2 Å². The molecule has 1 aromatic heterocycles. The zero-order chi connectivity index (χ0) is 26.7. The minimum Gasteiger partial charge on any atom is -0.345 e. The molecule has 0 radical (unpaired) electrons. The number of hydrogen-bond donors (Lipinski definition) is 1. The first-order valence-electron chi connectivity index (χ1n) is 12.2. The van der Waals surface area contributed by atoms with Crippen molar-refractivity contribution >= 4 is 28.7 Å². The number of hydrogen-bond acceptors (Lipinski definition) is 3. The molecular formula is C29H28F3N3O2. The first-order valence-corrected chi connectivity index (χ1v) is 12.2. The van der Waals surface area contributed by atoms with Gasteiger partial charge in [0, 0.05) is 17.3 Å². The third-order valence-corrected chi connectivity index (χ3v) is 6.45. The highest BCUT2D eigenvalue weighted by molar-refractivity contribution is 6.08. The molecule has 4 rings (SSSR count). The summed E-state index contributed by atoms with van der Waals surface area (Å²) >= 11 is 0. The zero-order valence-electron chi connectivity index (χ0n) is 20.9. The van der Waals surface area contributed by atoms with E-state index in [1.165, 1.54) is 24.4 Å². The number of fused-ring (bicyclic) bond motifs is 1. The molecule has 0 spiro atoms. The van der Waals surface area contributed by atoms with E-state index in [1.807, 2.05) is 13.0 Å². The summed E-state index contributed by atoms with van der Waals surface area (Å²) in [5.41, 5.74) is 0.0353. The van der Waals surface area contributed by atoms with Crippen molar-refractivity contribution in [3.63, 3.8) is 0 Å². The highest BCUT2D eigenvalue weighted by Crippen LogP contribution is 2.41. The van der Waals surface area contributed by atoms with Crippen molar-refractivity contribution in [2.24, 2.45) is 10.9 Å². The van der Waals surface area contributed by atoms with Gasteiger partial charge in [-0.1, -0.05) is 31.2 Å². The molecule has 1 atom stereocenters. The predicted molar refractivity (Wildman–Crippen MR) is 140 cm³/mol. The van der Waals surface area contributed by atoms with Gasteiger partial charge in [-0.15, -0.1) is 0 Å². The zero-order valence-corrected chi connectivity index (χ0v) is 20.9. The number of nitrogens with zero attached hydrogens (tertiary/aromatic N) is 2. The second-order valence-corrected chi connectivity index (χ2v) is 8.99. The maximum atomic E-state index is 15.0. The van der Waals surface area contributed by atoms with Gasteiger partial charge in [0.1, 0.15) is 11.6 Å². The van der Waals surface area contributed by atoms with Crippen LogP contribution in [0.25, 0.3) is 16.6 Å².